The van der Waals surface area contributed by atoms with Crippen molar-refractivity contribution >= 4 is 17.4 Å². The Balaban J connectivity index is 2.34. The van der Waals surface area contributed by atoms with Crippen LogP contribution in [0.4, 0.5) is 0 Å². The van der Waals surface area contributed by atoms with Gasteiger partial charge in [-0.25, -0.2) is 0 Å². The normalized spacial score (nSPS) is 12.2. The van der Waals surface area contributed by atoms with Crippen molar-refractivity contribution in [3.63, 3.8) is 0 Å². The Morgan fingerprint density at radius 3 is 2.40 bits per heavy atom. The monoisotopic (exact) mass is 286 g/mol. The van der Waals surface area contributed by atoms with Crippen LogP contribution in [0.3, 0.4) is 0 Å². The fraction of sp³-hybridized carbons (Fsp3) is 0.278. The number of ketones is 1. The van der Waals surface area contributed by atoms with Gasteiger partial charge in [0.1, 0.15) is 0 Å². The fourth-order valence-electron chi connectivity index (χ4n) is 2.46. The third-order valence-electron chi connectivity index (χ3n) is 3.64. The van der Waals surface area contributed by atoms with Crippen LogP contribution in [-0.2, 0) is 6.42 Å². The van der Waals surface area contributed by atoms with E-state index < -0.39 is 0 Å². The summed E-state index contributed by atoms with van der Waals surface area (Å²) in [6.45, 7) is 4.09. The SMILES string of the molecule is CCc1cc(C(=O)C(CC)c2ccccc2)ccc1Cl. The first-order chi connectivity index (χ1) is 9.67. The number of carbonyl (C=O) groups is 1. The molecular formula is C18H19ClO. The predicted octanol–water partition coefficient (Wildman–Crippen LogP) is 5.28. The first kappa shape index (κ1) is 14.8. The van der Waals surface area contributed by atoms with Gasteiger partial charge in [-0.1, -0.05) is 55.8 Å². The highest BCUT2D eigenvalue weighted by Crippen LogP contribution is 2.26. The molecule has 20 heavy (non-hydrogen) atoms. The summed E-state index contributed by atoms with van der Waals surface area (Å²) in [4.78, 5) is 12.7. The maximum absolute atomic E-state index is 12.7. The first-order valence-electron chi connectivity index (χ1n) is 7.05. The van der Waals surface area contributed by atoms with Crippen LogP contribution in [0.2, 0.25) is 5.02 Å². The van der Waals surface area contributed by atoms with Crippen LogP contribution >= 0.6 is 11.6 Å². The van der Waals surface area contributed by atoms with Crippen LogP contribution in [-0.4, -0.2) is 5.78 Å². The number of carbonyl (C=O) groups excluding carboxylic acids is 1. The zero-order valence-electron chi connectivity index (χ0n) is 11.9. The lowest BCUT2D eigenvalue weighted by Gasteiger charge is -2.15. The van der Waals surface area contributed by atoms with Crippen molar-refractivity contribution < 1.29 is 4.79 Å². The Morgan fingerprint density at radius 2 is 1.80 bits per heavy atom. The number of hydrogen-bond acceptors (Lipinski definition) is 1. The molecule has 0 fully saturated rings. The van der Waals surface area contributed by atoms with Gasteiger partial charge in [0.2, 0.25) is 0 Å². The molecule has 0 aliphatic heterocycles. The average Bonchev–Trinajstić information content (AvgIpc) is 2.49. The van der Waals surface area contributed by atoms with E-state index in [1.807, 2.05) is 62.4 Å². The molecule has 104 valence electrons. The number of hydrogen-bond donors (Lipinski definition) is 0. The third-order valence-corrected chi connectivity index (χ3v) is 4.01. The molecule has 0 aromatic heterocycles. The second kappa shape index (κ2) is 6.71. The maximum Gasteiger partial charge on any atom is 0.170 e. The average molecular weight is 287 g/mol. The Bertz CT molecular complexity index is 590. The largest absolute Gasteiger partial charge is 0.293 e. The Morgan fingerprint density at radius 1 is 1.10 bits per heavy atom. The molecule has 2 aromatic carbocycles. The zero-order chi connectivity index (χ0) is 14.5. The van der Waals surface area contributed by atoms with Crippen LogP contribution in [0.25, 0.3) is 0 Å². The summed E-state index contributed by atoms with van der Waals surface area (Å²) in [5.41, 5.74) is 2.86. The van der Waals surface area contributed by atoms with E-state index in [1.54, 1.807) is 0 Å². The Labute approximate surface area is 125 Å². The molecule has 0 saturated heterocycles. The van der Waals surface area contributed by atoms with Gasteiger partial charge < -0.3 is 0 Å². The van der Waals surface area contributed by atoms with E-state index in [4.69, 9.17) is 11.6 Å². The van der Waals surface area contributed by atoms with Gasteiger partial charge >= 0.3 is 0 Å². The van der Waals surface area contributed by atoms with E-state index in [0.29, 0.717) is 0 Å². The molecule has 0 amide bonds. The van der Waals surface area contributed by atoms with Gasteiger partial charge in [-0.05, 0) is 42.2 Å². The van der Waals surface area contributed by atoms with Gasteiger partial charge in [0.25, 0.3) is 0 Å². The van der Waals surface area contributed by atoms with Gasteiger partial charge in [0.05, 0.1) is 0 Å². The second-order valence-electron chi connectivity index (χ2n) is 4.90. The predicted molar refractivity (Wildman–Crippen MR) is 84.6 cm³/mol. The molecule has 0 N–H and O–H groups in total. The summed E-state index contributed by atoms with van der Waals surface area (Å²) >= 11 is 6.12. The fourth-order valence-corrected chi connectivity index (χ4v) is 2.71. The second-order valence-corrected chi connectivity index (χ2v) is 5.30. The van der Waals surface area contributed by atoms with Crippen molar-refractivity contribution in [3.8, 4) is 0 Å². The van der Waals surface area contributed by atoms with Crippen LogP contribution in [0, 0.1) is 0 Å². The van der Waals surface area contributed by atoms with Crippen LogP contribution in [0.1, 0.15) is 47.7 Å². The van der Waals surface area contributed by atoms with E-state index in [9.17, 15) is 4.79 Å². The molecular weight excluding hydrogens is 268 g/mol. The summed E-state index contributed by atoms with van der Waals surface area (Å²) in [7, 11) is 0. The molecule has 2 heteroatoms. The standard InChI is InChI=1S/C18H19ClO/c1-3-13-12-15(10-11-17(13)19)18(20)16(4-2)14-8-6-5-7-9-14/h5-12,16H,3-4H2,1-2H3. The molecule has 0 bridgehead atoms. The molecule has 0 aliphatic carbocycles. The first-order valence-corrected chi connectivity index (χ1v) is 7.42. The van der Waals surface area contributed by atoms with Gasteiger partial charge in [-0.15, -0.1) is 0 Å². The topological polar surface area (TPSA) is 17.1 Å². The van der Waals surface area contributed by atoms with Gasteiger partial charge in [-0.3, -0.25) is 4.79 Å². The van der Waals surface area contributed by atoms with E-state index in [-0.39, 0.29) is 11.7 Å². The van der Waals surface area contributed by atoms with Crippen molar-refractivity contribution in [3.05, 3.63) is 70.2 Å². The molecule has 1 unspecified atom stereocenters. The van der Waals surface area contributed by atoms with Crippen LogP contribution in [0.15, 0.2) is 48.5 Å². The van der Waals surface area contributed by atoms with E-state index >= 15 is 0 Å². The summed E-state index contributed by atoms with van der Waals surface area (Å²) < 4.78 is 0. The van der Waals surface area contributed by atoms with E-state index in [2.05, 4.69) is 0 Å². The third kappa shape index (κ3) is 3.10. The quantitative estimate of drug-likeness (QED) is 0.684. The molecule has 1 atom stereocenters. The summed E-state index contributed by atoms with van der Waals surface area (Å²) in [5, 5.41) is 0.733. The zero-order valence-corrected chi connectivity index (χ0v) is 12.7. The van der Waals surface area contributed by atoms with Gasteiger partial charge in [-0.2, -0.15) is 0 Å². The van der Waals surface area contributed by atoms with Crippen molar-refractivity contribution in [1.82, 2.24) is 0 Å². The Hall–Kier alpha value is -1.60. The number of Topliss-reactive ketones (excluding diaryl/α,β-unsaturated/α-hetero) is 1. The number of halogens is 1. The van der Waals surface area contributed by atoms with Crippen LogP contribution < -0.4 is 0 Å². The van der Waals surface area contributed by atoms with E-state index in [0.717, 1.165) is 34.6 Å². The van der Waals surface area contributed by atoms with Crippen molar-refractivity contribution in [2.45, 2.75) is 32.6 Å². The Kier molecular flexibility index (Phi) is 4.97. The number of aryl methyl sites for hydroxylation is 1. The summed E-state index contributed by atoms with van der Waals surface area (Å²) in [6.07, 6.45) is 1.63. The van der Waals surface area contributed by atoms with Crippen molar-refractivity contribution in [2.24, 2.45) is 0 Å². The number of benzene rings is 2. The van der Waals surface area contributed by atoms with Crippen molar-refractivity contribution in [2.75, 3.05) is 0 Å². The molecule has 0 aliphatic rings. The highest BCUT2D eigenvalue weighted by atomic mass is 35.5. The van der Waals surface area contributed by atoms with Gasteiger partial charge in [0.15, 0.2) is 5.78 Å². The molecule has 2 rings (SSSR count). The molecule has 0 saturated carbocycles. The molecule has 0 radical (unpaired) electrons. The summed E-state index contributed by atoms with van der Waals surface area (Å²) in [5.74, 6) is 0.0900. The minimum absolute atomic E-state index is 0.0814. The maximum atomic E-state index is 12.7. The molecule has 0 spiro atoms. The number of rotatable bonds is 5. The minimum atomic E-state index is -0.0814. The minimum Gasteiger partial charge on any atom is -0.293 e. The van der Waals surface area contributed by atoms with Gasteiger partial charge in [0, 0.05) is 16.5 Å². The lowest BCUT2D eigenvalue weighted by Crippen LogP contribution is -2.12. The van der Waals surface area contributed by atoms with Crippen LogP contribution in [0.5, 0.6) is 0 Å². The molecule has 0 heterocycles. The molecule has 2 aromatic rings. The molecule has 1 nitrogen and oxygen atoms in total. The lowest BCUT2D eigenvalue weighted by molar-refractivity contribution is 0.0957. The lowest BCUT2D eigenvalue weighted by atomic mass is 9.88. The summed E-state index contributed by atoms with van der Waals surface area (Å²) in [6, 6.07) is 15.5. The highest BCUT2D eigenvalue weighted by molar-refractivity contribution is 6.31. The van der Waals surface area contributed by atoms with Crippen molar-refractivity contribution in [1.29, 1.82) is 0 Å². The highest BCUT2D eigenvalue weighted by Gasteiger charge is 2.20. The van der Waals surface area contributed by atoms with E-state index in [1.165, 1.54) is 0 Å². The smallest absolute Gasteiger partial charge is 0.170 e.